The predicted molar refractivity (Wildman–Crippen MR) is 84.7 cm³/mol. The van der Waals surface area contributed by atoms with Crippen molar-refractivity contribution >= 4 is 0 Å². The van der Waals surface area contributed by atoms with E-state index in [0.717, 1.165) is 19.0 Å². The molecule has 20 heavy (non-hydrogen) atoms. The minimum absolute atomic E-state index is 0.665. The van der Waals surface area contributed by atoms with Gasteiger partial charge in [-0.1, -0.05) is 13.0 Å². The number of hydrogen-bond donors (Lipinski definition) is 1. The van der Waals surface area contributed by atoms with Gasteiger partial charge in [0, 0.05) is 25.0 Å². The van der Waals surface area contributed by atoms with Crippen LogP contribution in [0.25, 0.3) is 0 Å². The number of nitrogens with one attached hydrogen (secondary N) is 1. The summed E-state index contributed by atoms with van der Waals surface area (Å²) >= 11 is 0. The first-order valence-electron chi connectivity index (χ1n) is 8.05. The van der Waals surface area contributed by atoms with E-state index in [-0.39, 0.29) is 0 Å². The quantitative estimate of drug-likeness (QED) is 0.865. The summed E-state index contributed by atoms with van der Waals surface area (Å²) < 4.78 is 0. The van der Waals surface area contributed by atoms with Gasteiger partial charge in [-0.3, -0.25) is 9.88 Å². The molecule has 0 amide bonds. The van der Waals surface area contributed by atoms with Crippen LogP contribution in [-0.4, -0.2) is 35.6 Å². The number of nitrogens with zero attached hydrogens (tertiary/aromatic N) is 2. The molecule has 112 valence electrons. The van der Waals surface area contributed by atoms with Crippen molar-refractivity contribution in [1.82, 2.24) is 15.2 Å². The van der Waals surface area contributed by atoms with Crippen molar-refractivity contribution in [2.75, 3.05) is 19.6 Å². The molecule has 0 aromatic carbocycles. The second-order valence-electron chi connectivity index (χ2n) is 6.23. The zero-order valence-electron chi connectivity index (χ0n) is 13.2. The molecule has 1 N–H and O–H groups in total. The normalized spacial score (nSPS) is 19.1. The smallest absolute Gasteiger partial charge is 0.0313 e. The van der Waals surface area contributed by atoms with Gasteiger partial charge in [0.1, 0.15) is 0 Å². The summed E-state index contributed by atoms with van der Waals surface area (Å²) in [6, 6.07) is 2.92. The molecule has 3 nitrogen and oxygen atoms in total. The van der Waals surface area contributed by atoms with Crippen LogP contribution < -0.4 is 5.32 Å². The van der Waals surface area contributed by atoms with Crippen molar-refractivity contribution in [2.45, 2.75) is 52.6 Å². The maximum Gasteiger partial charge on any atom is 0.0313 e. The molecule has 1 aromatic rings. The summed E-state index contributed by atoms with van der Waals surface area (Å²) in [5.41, 5.74) is 2.61. The zero-order chi connectivity index (χ0) is 14.4. The van der Waals surface area contributed by atoms with Crippen LogP contribution in [0.2, 0.25) is 0 Å². The topological polar surface area (TPSA) is 28.2 Å². The molecule has 3 heteroatoms. The van der Waals surface area contributed by atoms with Crippen LogP contribution >= 0.6 is 0 Å². The number of likely N-dealkylation sites (tertiary alicyclic amines) is 1. The van der Waals surface area contributed by atoms with Crippen molar-refractivity contribution in [3.05, 3.63) is 29.6 Å². The first-order valence-corrected chi connectivity index (χ1v) is 8.05. The minimum Gasteiger partial charge on any atom is -0.314 e. The van der Waals surface area contributed by atoms with Crippen LogP contribution in [0.1, 0.15) is 44.2 Å². The number of aryl methyl sites for hydroxylation is 1. The van der Waals surface area contributed by atoms with E-state index in [1.807, 2.05) is 12.4 Å². The lowest BCUT2D eigenvalue weighted by atomic mass is 9.90. The Morgan fingerprint density at radius 2 is 2.10 bits per heavy atom. The fourth-order valence-corrected chi connectivity index (χ4v) is 3.11. The molecule has 1 fully saturated rings. The van der Waals surface area contributed by atoms with Gasteiger partial charge in [-0.05, 0) is 69.8 Å². The molecule has 0 radical (unpaired) electrons. The van der Waals surface area contributed by atoms with E-state index in [1.54, 1.807) is 0 Å². The van der Waals surface area contributed by atoms with Crippen LogP contribution in [-0.2, 0) is 6.54 Å². The Kier molecular flexibility index (Phi) is 5.99. The second kappa shape index (κ2) is 7.75. The van der Waals surface area contributed by atoms with E-state index in [9.17, 15) is 0 Å². The number of piperidine rings is 1. The lowest BCUT2D eigenvalue weighted by Crippen LogP contribution is -2.41. The SMILES string of the molecule is CCCNC(C)C1CCN(Cc2cncc(C)c2)CC1. The van der Waals surface area contributed by atoms with Gasteiger partial charge >= 0.3 is 0 Å². The van der Waals surface area contributed by atoms with Gasteiger partial charge < -0.3 is 5.32 Å². The summed E-state index contributed by atoms with van der Waals surface area (Å²) in [6.45, 7) is 11.3. The van der Waals surface area contributed by atoms with E-state index in [2.05, 4.69) is 42.0 Å². The van der Waals surface area contributed by atoms with Crippen molar-refractivity contribution in [3.8, 4) is 0 Å². The van der Waals surface area contributed by atoms with E-state index in [4.69, 9.17) is 0 Å². The van der Waals surface area contributed by atoms with Crippen LogP contribution in [0.15, 0.2) is 18.5 Å². The molecule has 1 aliphatic rings. The van der Waals surface area contributed by atoms with Gasteiger partial charge in [-0.15, -0.1) is 0 Å². The molecule has 1 aliphatic heterocycles. The molecule has 1 aromatic heterocycles. The van der Waals surface area contributed by atoms with E-state index in [1.165, 1.54) is 43.5 Å². The average Bonchev–Trinajstić information content (AvgIpc) is 2.45. The second-order valence-corrected chi connectivity index (χ2v) is 6.23. The predicted octanol–water partition coefficient (Wildman–Crippen LogP) is 2.99. The van der Waals surface area contributed by atoms with Gasteiger partial charge in [0.05, 0.1) is 0 Å². The Morgan fingerprint density at radius 3 is 2.75 bits per heavy atom. The third-order valence-electron chi connectivity index (χ3n) is 4.39. The highest BCUT2D eigenvalue weighted by Gasteiger charge is 2.23. The first kappa shape index (κ1) is 15.5. The van der Waals surface area contributed by atoms with Crippen molar-refractivity contribution < 1.29 is 0 Å². The van der Waals surface area contributed by atoms with E-state index >= 15 is 0 Å². The summed E-state index contributed by atoms with van der Waals surface area (Å²) in [5, 5.41) is 3.65. The van der Waals surface area contributed by atoms with Crippen molar-refractivity contribution in [3.63, 3.8) is 0 Å². The molecule has 1 saturated heterocycles. The van der Waals surface area contributed by atoms with Gasteiger partial charge in [0.15, 0.2) is 0 Å². The number of pyridine rings is 1. The highest BCUT2D eigenvalue weighted by Crippen LogP contribution is 2.22. The van der Waals surface area contributed by atoms with Gasteiger partial charge in [0.2, 0.25) is 0 Å². The van der Waals surface area contributed by atoms with Gasteiger partial charge in [0.25, 0.3) is 0 Å². The molecule has 0 aliphatic carbocycles. The Balaban J connectivity index is 1.76. The number of hydrogen-bond acceptors (Lipinski definition) is 3. The fraction of sp³-hybridized carbons (Fsp3) is 0.706. The lowest BCUT2D eigenvalue weighted by molar-refractivity contribution is 0.156. The molecule has 0 saturated carbocycles. The monoisotopic (exact) mass is 275 g/mol. The van der Waals surface area contributed by atoms with Crippen LogP contribution in [0.3, 0.4) is 0 Å². The fourth-order valence-electron chi connectivity index (χ4n) is 3.11. The Labute approximate surface area is 123 Å². The first-order chi connectivity index (χ1) is 9.69. The van der Waals surface area contributed by atoms with Crippen molar-refractivity contribution in [2.24, 2.45) is 5.92 Å². The number of aromatic nitrogens is 1. The summed E-state index contributed by atoms with van der Waals surface area (Å²) in [4.78, 5) is 6.86. The van der Waals surface area contributed by atoms with Crippen LogP contribution in [0, 0.1) is 12.8 Å². The van der Waals surface area contributed by atoms with Crippen molar-refractivity contribution in [1.29, 1.82) is 0 Å². The molecular formula is C17H29N3. The molecule has 0 spiro atoms. The summed E-state index contributed by atoms with van der Waals surface area (Å²) in [5.74, 6) is 0.841. The summed E-state index contributed by atoms with van der Waals surface area (Å²) in [6.07, 6.45) is 7.79. The molecule has 0 bridgehead atoms. The molecule has 1 unspecified atom stereocenters. The van der Waals surface area contributed by atoms with E-state index < -0.39 is 0 Å². The molecule has 2 rings (SSSR count). The Bertz CT molecular complexity index is 397. The molecule has 2 heterocycles. The maximum absolute atomic E-state index is 4.29. The Morgan fingerprint density at radius 1 is 1.35 bits per heavy atom. The minimum atomic E-state index is 0.665. The van der Waals surface area contributed by atoms with Gasteiger partial charge in [-0.2, -0.15) is 0 Å². The maximum atomic E-state index is 4.29. The zero-order valence-corrected chi connectivity index (χ0v) is 13.2. The van der Waals surface area contributed by atoms with Crippen LogP contribution in [0.4, 0.5) is 0 Å². The third-order valence-corrected chi connectivity index (χ3v) is 4.39. The Hall–Kier alpha value is -0.930. The van der Waals surface area contributed by atoms with Gasteiger partial charge in [-0.25, -0.2) is 0 Å². The summed E-state index contributed by atoms with van der Waals surface area (Å²) in [7, 11) is 0. The highest BCUT2D eigenvalue weighted by molar-refractivity contribution is 5.16. The average molecular weight is 275 g/mol. The molecular weight excluding hydrogens is 246 g/mol. The largest absolute Gasteiger partial charge is 0.314 e. The number of rotatable bonds is 6. The van der Waals surface area contributed by atoms with Crippen LogP contribution in [0.5, 0.6) is 0 Å². The standard InChI is InChI=1S/C17H29N3/c1-4-7-19-15(3)17-5-8-20(9-6-17)13-16-10-14(2)11-18-12-16/h10-12,15,17,19H,4-9,13H2,1-3H3. The highest BCUT2D eigenvalue weighted by atomic mass is 15.1. The third kappa shape index (κ3) is 4.57. The molecule has 1 atom stereocenters. The lowest BCUT2D eigenvalue weighted by Gasteiger charge is -2.35. The van der Waals surface area contributed by atoms with E-state index in [0.29, 0.717) is 6.04 Å².